The summed E-state index contributed by atoms with van der Waals surface area (Å²) in [6, 6.07) is 23.8. The Morgan fingerprint density at radius 1 is 0.968 bits per heavy atom. The number of hydrogen-bond donors (Lipinski definition) is 0. The summed E-state index contributed by atoms with van der Waals surface area (Å²) in [7, 11) is 0. The average Bonchev–Trinajstić information content (AvgIpc) is 3.20. The smallest absolute Gasteiger partial charge is 0.338 e. The molecule has 3 aromatic carbocycles. The number of aromatic nitrogens is 3. The molecule has 5 nitrogen and oxygen atoms in total. The number of benzene rings is 3. The lowest BCUT2D eigenvalue weighted by atomic mass is 10.1. The Kier molecular flexibility index (Phi) is 4.71. The molecule has 0 spiro atoms. The minimum atomic E-state index is -0.342. The van der Waals surface area contributed by atoms with Crippen molar-refractivity contribution in [3.05, 3.63) is 90.1 Å². The summed E-state index contributed by atoms with van der Waals surface area (Å²) >= 11 is 0. The van der Waals surface area contributed by atoms with Gasteiger partial charge in [-0.05, 0) is 44.2 Å². The van der Waals surface area contributed by atoms with Gasteiger partial charge in [-0.3, -0.25) is 4.98 Å². The van der Waals surface area contributed by atoms with Crippen LogP contribution in [0.5, 0.6) is 0 Å². The topological polar surface area (TPSA) is 57.0 Å². The van der Waals surface area contributed by atoms with Crippen LogP contribution in [0.2, 0.25) is 0 Å². The summed E-state index contributed by atoms with van der Waals surface area (Å²) in [5.74, 6) is -0.342. The first-order valence-corrected chi connectivity index (χ1v) is 10.3. The largest absolute Gasteiger partial charge is 0.462 e. The first-order valence-electron chi connectivity index (χ1n) is 10.3. The lowest BCUT2D eigenvalue weighted by Crippen LogP contribution is -2.04. The molecular formula is C26H21N3O2. The number of fused-ring (bicyclic) bond motifs is 3. The van der Waals surface area contributed by atoms with Gasteiger partial charge in [0.1, 0.15) is 5.69 Å². The van der Waals surface area contributed by atoms with Crippen LogP contribution in [-0.4, -0.2) is 27.3 Å². The quantitative estimate of drug-likeness (QED) is 0.357. The van der Waals surface area contributed by atoms with Crippen LogP contribution in [0.3, 0.4) is 0 Å². The SMILES string of the molecule is CCOC(=O)c1ccc2ncc3c(-c4ccccc4)nn(-c4ccc(C)cc4)c3c2c1. The van der Waals surface area contributed by atoms with Crippen molar-refractivity contribution in [3.8, 4) is 16.9 Å². The van der Waals surface area contributed by atoms with Crippen molar-refractivity contribution in [2.45, 2.75) is 13.8 Å². The molecule has 152 valence electrons. The average molecular weight is 407 g/mol. The fraction of sp³-hybridized carbons (Fsp3) is 0.115. The van der Waals surface area contributed by atoms with Crippen molar-refractivity contribution in [2.24, 2.45) is 0 Å². The van der Waals surface area contributed by atoms with Crippen molar-refractivity contribution < 1.29 is 9.53 Å². The third-order valence-electron chi connectivity index (χ3n) is 5.34. The molecule has 0 aliphatic heterocycles. The summed E-state index contributed by atoms with van der Waals surface area (Å²) in [6.07, 6.45) is 1.86. The zero-order valence-corrected chi connectivity index (χ0v) is 17.4. The molecule has 31 heavy (non-hydrogen) atoms. The first kappa shape index (κ1) is 19.0. The summed E-state index contributed by atoms with van der Waals surface area (Å²) in [5.41, 5.74) is 6.22. The highest BCUT2D eigenvalue weighted by Gasteiger charge is 2.18. The van der Waals surface area contributed by atoms with Crippen molar-refractivity contribution >= 4 is 27.8 Å². The highest BCUT2D eigenvalue weighted by atomic mass is 16.5. The highest BCUT2D eigenvalue weighted by molar-refractivity contribution is 6.10. The van der Waals surface area contributed by atoms with Gasteiger partial charge >= 0.3 is 5.97 Å². The predicted molar refractivity (Wildman–Crippen MR) is 123 cm³/mol. The van der Waals surface area contributed by atoms with E-state index in [-0.39, 0.29) is 5.97 Å². The number of carbonyl (C=O) groups is 1. The van der Waals surface area contributed by atoms with Crippen LogP contribution in [-0.2, 0) is 4.74 Å². The van der Waals surface area contributed by atoms with Gasteiger partial charge in [0.25, 0.3) is 0 Å². The summed E-state index contributed by atoms with van der Waals surface area (Å²) in [4.78, 5) is 17.0. The van der Waals surface area contributed by atoms with Crippen molar-refractivity contribution in [1.82, 2.24) is 14.8 Å². The van der Waals surface area contributed by atoms with Gasteiger partial charge < -0.3 is 4.74 Å². The predicted octanol–water partition coefficient (Wildman–Crippen LogP) is 5.73. The molecule has 0 unspecified atom stereocenters. The van der Waals surface area contributed by atoms with Gasteiger partial charge in [0.2, 0.25) is 0 Å². The summed E-state index contributed by atoms with van der Waals surface area (Å²) < 4.78 is 7.15. The maximum Gasteiger partial charge on any atom is 0.338 e. The van der Waals surface area contributed by atoms with Gasteiger partial charge in [-0.1, -0.05) is 48.0 Å². The van der Waals surface area contributed by atoms with Crippen LogP contribution < -0.4 is 0 Å². The number of carbonyl (C=O) groups excluding carboxylic acids is 1. The Morgan fingerprint density at radius 2 is 1.74 bits per heavy atom. The second-order valence-electron chi connectivity index (χ2n) is 7.43. The van der Waals surface area contributed by atoms with Gasteiger partial charge in [0.05, 0.1) is 28.9 Å². The third-order valence-corrected chi connectivity index (χ3v) is 5.34. The Morgan fingerprint density at radius 3 is 2.48 bits per heavy atom. The fourth-order valence-corrected chi connectivity index (χ4v) is 3.81. The second-order valence-corrected chi connectivity index (χ2v) is 7.43. The van der Waals surface area contributed by atoms with Crippen LogP contribution in [0.4, 0.5) is 0 Å². The summed E-state index contributed by atoms with van der Waals surface area (Å²) in [6.45, 7) is 4.20. The lowest BCUT2D eigenvalue weighted by Gasteiger charge is -2.08. The van der Waals surface area contributed by atoms with E-state index in [4.69, 9.17) is 9.84 Å². The molecule has 5 aromatic rings. The van der Waals surface area contributed by atoms with Crippen LogP contribution in [0, 0.1) is 6.92 Å². The third kappa shape index (κ3) is 3.34. The van der Waals surface area contributed by atoms with Gasteiger partial charge in [0.15, 0.2) is 0 Å². The highest BCUT2D eigenvalue weighted by Crippen LogP contribution is 2.34. The minimum absolute atomic E-state index is 0.332. The van der Waals surface area contributed by atoms with Crippen LogP contribution in [0.25, 0.3) is 38.8 Å². The van der Waals surface area contributed by atoms with E-state index in [0.717, 1.165) is 38.8 Å². The Bertz CT molecular complexity index is 1400. The Labute approximate surface area is 179 Å². The van der Waals surface area contributed by atoms with E-state index < -0.39 is 0 Å². The minimum Gasteiger partial charge on any atom is -0.462 e. The molecule has 2 aromatic heterocycles. The van der Waals surface area contributed by atoms with E-state index in [9.17, 15) is 4.79 Å². The van der Waals surface area contributed by atoms with Crippen molar-refractivity contribution in [2.75, 3.05) is 6.61 Å². The van der Waals surface area contributed by atoms with E-state index in [1.807, 2.05) is 53.3 Å². The lowest BCUT2D eigenvalue weighted by molar-refractivity contribution is 0.0526. The number of rotatable bonds is 4. The molecule has 0 radical (unpaired) electrons. The van der Waals surface area contributed by atoms with Crippen LogP contribution in [0.1, 0.15) is 22.8 Å². The number of nitrogens with zero attached hydrogens (tertiary/aromatic N) is 3. The maximum atomic E-state index is 12.4. The maximum absolute atomic E-state index is 12.4. The van der Waals surface area contributed by atoms with Gasteiger partial charge in [-0.25, -0.2) is 9.48 Å². The number of esters is 1. The fourth-order valence-electron chi connectivity index (χ4n) is 3.81. The van der Waals surface area contributed by atoms with Crippen molar-refractivity contribution in [3.63, 3.8) is 0 Å². The molecule has 0 saturated carbocycles. The molecule has 0 saturated heterocycles. The molecular weight excluding hydrogens is 386 g/mol. The Balaban J connectivity index is 1.85. The molecule has 0 N–H and O–H groups in total. The second kappa shape index (κ2) is 7.69. The normalized spacial score (nSPS) is 11.2. The monoisotopic (exact) mass is 407 g/mol. The molecule has 0 bridgehead atoms. The Hall–Kier alpha value is -3.99. The van der Waals surface area contributed by atoms with E-state index in [0.29, 0.717) is 12.2 Å². The van der Waals surface area contributed by atoms with Crippen molar-refractivity contribution in [1.29, 1.82) is 0 Å². The van der Waals surface area contributed by atoms with E-state index in [1.165, 1.54) is 5.56 Å². The van der Waals surface area contributed by atoms with Crippen LogP contribution >= 0.6 is 0 Å². The number of pyridine rings is 1. The molecule has 5 heteroatoms. The van der Waals surface area contributed by atoms with Gasteiger partial charge in [-0.15, -0.1) is 0 Å². The summed E-state index contributed by atoms with van der Waals surface area (Å²) in [5, 5.41) is 6.77. The number of aryl methyl sites for hydroxylation is 1. The zero-order chi connectivity index (χ0) is 21.4. The number of ether oxygens (including phenoxy) is 1. The molecule has 0 aliphatic carbocycles. The standard InChI is InChI=1S/C26H21N3O2/c1-3-31-26(30)19-11-14-23-21(15-19)25-22(16-27-23)24(18-7-5-4-6-8-18)28-29(25)20-12-9-17(2)10-13-20/h4-16H,3H2,1-2H3. The molecule has 0 amide bonds. The van der Waals surface area contributed by atoms with E-state index in [2.05, 4.69) is 36.2 Å². The molecule has 5 rings (SSSR count). The zero-order valence-electron chi connectivity index (χ0n) is 17.4. The van der Waals surface area contributed by atoms with E-state index in [1.54, 1.807) is 13.0 Å². The number of hydrogen-bond acceptors (Lipinski definition) is 4. The first-order chi connectivity index (χ1) is 15.2. The molecule has 0 fully saturated rings. The molecule has 0 atom stereocenters. The van der Waals surface area contributed by atoms with E-state index >= 15 is 0 Å². The van der Waals surface area contributed by atoms with Crippen LogP contribution in [0.15, 0.2) is 79.0 Å². The van der Waals surface area contributed by atoms with Gasteiger partial charge in [0, 0.05) is 22.5 Å². The van der Waals surface area contributed by atoms with Gasteiger partial charge in [-0.2, -0.15) is 5.10 Å². The molecule has 2 heterocycles. The molecule has 0 aliphatic rings.